The standard InChI is InChI=1S/C10H16O2/c1-4-7-5(2)9-10(11-7)6(3)8(4)12-9/h4-10H,1-3H3/t5-,6-,7-,8-,9+,10+/m0/s1. The van der Waals surface area contributed by atoms with E-state index < -0.39 is 0 Å². The molecule has 12 heavy (non-hydrogen) atoms. The third kappa shape index (κ3) is 0.612. The summed E-state index contributed by atoms with van der Waals surface area (Å²) in [6, 6.07) is 0. The second-order valence-electron chi connectivity index (χ2n) is 4.71. The van der Waals surface area contributed by atoms with E-state index in [-0.39, 0.29) is 0 Å². The lowest BCUT2D eigenvalue weighted by atomic mass is 9.85. The second kappa shape index (κ2) is 2.05. The van der Waals surface area contributed by atoms with Gasteiger partial charge in [-0.3, -0.25) is 0 Å². The average molecular weight is 168 g/mol. The van der Waals surface area contributed by atoms with E-state index >= 15 is 0 Å². The van der Waals surface area contributed by atoms with Crippen LogP contribution >= 0.6 is 0 Å². The fraction of sp³-hybridized carbons (Fsp3) is 1.00. The predicted octanol–water partition coefficient (Wildman–Crippen LogP) is 1.44. The van der Waals surface area contributed by atoms with Gasteiger partial charge in [0.05, 0.1) is 24.4 Å². The largest absolute Gasteiger partial charge is 0.371 e. The van der Waals surface area contributed by atoms with Crippen LogP contribution in [0.15, 0.2) is 0 Å². The highest BCUT2D eigenvalue weighted by molar-refractivity contribution is 5.08. The zero-order valence-electron chi connectivity index (χ0n) is 7.86. The van der Waals surface area contributed by atoms with Crippen LogP contribution in [0.5, 0.6) is 0 Å². The van der Waals surface area contributed by atoms with Crippen LogP contribution in [0.25, 0.3) is 0 Å². The predicted molar refractivity (Wildman–Crippen MR) is 44.8 cm³/mol. The van der Waals surface area contributed by atoms with Gasteiger partial charge in [0.25, 0.3) is 0 Å². The minimum absolute atomic E-state index is 0.409. The molecule has 0 saturated carbocycles. The minimum atomic E-state index is 0.409. The Morgan fingerprint density at radius 1 is 0.583 bits per heavy atom. The molecule has 4 heterocycles. The highest BCUT2D eigenvalue weighted by Gasteiger charge is 2.61. The zero-order valence-corrected chi connectivity index (χ0v) is 7.86. The SMILES string of the molecule is CC1[C@@H]2O[C@@H]3[C@@H](C)[C@H]1O[C@@H]3[C@H]2C. The molecule has 0 N–H and O–H groups in total. The van der Waals surface area contributed by atoms with Crippen molar-refractivity contribution in [3.63, 3.8) is 0 Å². The molecule has 0 radical (unpaired) electrons. The highest BCUT2D eigenvalue weighted by atomic mass is 16.6. The topological polar surface area (TPSA) is 18.5 Å². The molecular formula is C10H16O2. The van der Waals surface area contributed by atoms with Crippen molar-refractivity contribution in [2.45, 2.75) is 45.2 Å². The van der Waals surface area contributed by atoms with Crippen molar-refractivity contribution in [2.24, 2.45) is 17.8 Å². The van der Waals surface area contributed by atoms with Crippen molar-refractivity contribution < 1.29 is 9.47 Å². The normalized spacial score (nSPS) is 67.8. The highest BCUT2D eigenvalue weighted by Crippen LogP contribution is 2.52. The van der Waals surface area contributed by atoms with Crippen LogP contribution in [0.1, 0.15) is 20.8 Å². The molecule has 4 saturated heterocycles. The maximum atomic E-state index is 5.96. The Morgan fingerprint density at radius 2 is 0.917 bits per heavy atom. The Bertz CT molecular complexity index is 186. The molecule has 4 aliphatic rings. The van der Waals surface area contributed by atoms with Crippen LogP contribution < -0.4 is 0 Å². The molecule has 0 aromatic carbocycles. The summed E-state index contributed by atoms with van der Waals surface area (Å²) in [5, 5.41) is 0. The van der Waals surface area contributed by atoms with Gasteiger partial charge in [0, 0.05) is 17.8 Å². The molecule has 0 aromatic rings. The molecule has 2 heteroatoms. The van der Waals surface area contributed by atoms with Gasteiger partial charge in [-0.1, -0.05) is 20.8 Å². The molecule has 6 atom stereocenters. The molecular weight excluding hydrogens is 152 g/mol. The summed E-state index contributed by atoms with van der Waals surface area (Å²) < 4.78 is 11.9. The maximum absolute atomic E-state index is 5.96. The molecule has 68 valence electrons. The van der Waals surface area contributed by atoms with Crippen molar-refractivity contribution in [1.82, 2.24) is 0 Å². The molecule has 0 amide bonds. The Labute approximate surface area is 73.2 Å². The molecule has 0 spiro atoms. The minimum Gasteiger partial charge on any atom is -0.371 e. The van der Waals surface area contributed by atoms with E-state index in [0.29, 0.717) is 42.2 Å². The monoisotopic (exact) mass is 168 g/mol. The Kier molecular flexibility index (Phi) is 1.25. The van der Waals surface area contributed by atoms with E-state index in [4.69, 9.17) is 9.47 Å². The van der Waals surface area contributed by atoms with Crippen LogP contribution in [0.3, 0.4) is 0 Å². The van der Waals surface area contributed by atoms with E-state index in [2.05, 4.69) is 20.8 Å². The molecule has 0 aromatic heterocycles. The van der Waals surface area contributed by atoms with Crippen molar-refractivity contribution >= 4 is 0 Å². The number of hydrogen-bond donors (Lipinski definition) is 0. The van der Waals surface area contributed by atoms with E-state index in [1.165, 1.54) is 0 Å². The van der Waals surface area contributed by atoms with Crippen LogP contribution in [0, 0.1) is 17.8 Å². The number of rotatable bonds is 0. The van der Waals surface area contributed by atoms with Gasteiger partial charge in [0.15, 0.2) is 0 Å². The summed E-state index contributed by atoms with van der Waals surface area (Å²) in [4.78, 5) is 0. The third-order valence-electron chi connectivity index (χ3n) is 4.06. The first-order valence-corrected chi connectivity index (χ1v) is 5.01. The van der Waals surface area contributed by atoms with Gasteiger partial charge in [-0.15, -0.1) is 0 Å². The van der Waals surface area contributed by atoms with E-state index in [1.807, 2.05) is 0 Å². The fourth-order valence-corrected chi connectivity index (χ4v) is 3.38. The molecule has 4 fully saturated rings. The quantitative estimate of drug-likeness (QED) is 0.545. The van der Waals surface area contributed by atoms with Gasteiger partial charge in [0.2, 0.25) is 0 Å². The summed E-state index contributed by atoms with van der Waals surface area (Å²) >= 11 is 0. The first-order chi connectivity index (χ1) is 5.70. The van der Waals surface area contributed by atoms with E-state index in [1.54, 1.807) is 0 Å². The van der Waals surface area contributed by atoms with Gasteiger partial charge in [-0.25, -0.2) is 0 Å². The van der Waals surface area contributed by atoms with Crippen LogP contribution in [-0.2, 0) is 9.47 Å². The van der Waals surface area contributed by atoms with Crippen molar-refractivity contribution in [1.29, 1.82) is 0 Å². The summed E-state index contributed by atoms with van der Waals surface area (Å²) in [6.45, 7) is 6.79. The van der Waals surface area contributed by atoms with E-state index in [9.17, 15) is 0 Å². The average Bonchev–Trinajstić information content (AvgIpc) is 2.43. The lowest BCUT2D eigenvalue weighted by Gasteiger charge is -2.38. The van der Waals surface area contributed by atoms with Gasteiger partial charge in [0.1, 0.15) is 0 Å². The summed E-state index contributed by atoms with van der Waals surface area (Å²) in [5.41, 5.74) is 0. The van der Waals surface area contributed by atoms with Gasteiger partial charge in [-0.2, -0.15) is 0 Å². The Morgan fingerprint density at radius 3 is 1.33 bits per heavy atom. The van der Waals surface area contributed by atoms with Gasteiger partial charge in [-0.05, 0) is 0 Å². The Balaban J connectivity index is 2.01. The Hall–Kier alpha value is -0.0800. The summed E-state index contributed by atoms with van der Waals surface area (Å²) in [5.74, 6) is 1.84. The molecule has 4 rings (SSSR count). The lowest BCUT2D eigenvalue weighted by Crippen LogP contribution is -2.44. The molecule has 0 unspecified atom stereocenters. The first kappa shape index (κ1) is 7.34. The smallest absolute Gasteiger partial charge is 0.0894 e. The first-order valence-electron chi connectivity index (χ1n) is 5.01. The summed E-state index contributed by atoms with van der Waals surface area (Å²) in [6.07, 6.45) is 1.78. The van der Waals surface area contributed by atoms with Crippen molar-refractivity contribution in [3.05, 3.63) is 0 Å². The van der Waals surface area contributed by atoms with Gasteiger partial charge >= 0.3 is 0 Å². The molecule has 0 aliphatic carbocycles. The van der Waals surface area contributed by atoms with Gasteiger partial charge < -0.3 is 9.47 Å². The van der Waals surface area contributed by atoms with Crippen LogP contribution in [-0.4, -0.2) is 24.4 Å². The van der Waals surface area contributed by atoms with Crippen LogP contribution in [0.4, 0.5) is 0 Å². The van der Waals surface area contributed by atoms with Crippen molar-refractivity contribution in [2.75, 3.05) is 0 Å². The maximum Gasteiger partial charge on any atom is 0.0894 e. The molecule has 4 bridgehead atoms. The van der Waals surface area contributed by atoms with Crippen molar-refractivity contribution in [3.8, 4) is 0 Å². The third-order valence-corrected chi connectivity index (χ3v) is 4.06. The fourth-order valence-electron chi connectivity index (χ4n) is 3.38. The number of ether oxygens (including phenoxy) is 2. The molecule has 2 nitrogen and oxygen atoms in total. The lowest BCUT2D eigenvalue weighted by molar-refractivity contribution is -0.122. The van der Waals surface area contributed by atoms with Crippen LogP contribution in [0.2, 0.25) is 0 Å². The number of hydrogen-bond acceptors (Lipinski definition) is 2. The summed E-state index contributed by atoms with van der Waals surface area (Å²) in [7, 11) is 0. The zero-order chi connectivity index (χ0) is 8.46. The van der Waals surface area contributed by atoms with E-state index in [0.717, 1.165) is 0 Å². The second-order valence-corrected chi connectivity index (χ2v) is 4.71. The molecule has 4 aliphatic heterocycles.